The Hall–Kier alpha value is -2.36. The molecule has 0 radical (unpaired) electrons. The summed E-state index contributed by atoms with van der Waals surface area (Å²) < 4.78 is 0. The summed E-state index contributed by atoms with van der Waals surface area (Å²) in [5.41, 5.74) is 4.16. The van der Waals surface area contributed by atoms with Crippen molar-refractivity contribution in [2.75, 3.05) is 18.0 Å². The Morgan fingerprint density at radius 1 is 0.714 bits per heavy atom. The Morgan fingerprint density at radius 3 is 2.29 bits per heavy atom. The van der Waals surface area contributed by atoms with E-state index in [1.165, 1.54) is 24.9 Å². The van der Waals surface area contributed by atoms with Crippen LogP contribution in [0, 0.1) is 0 Å². The number of fused-ring (bicyclic) bond motifs is 1. The first kappa shape index (κ1) is 12.4. The highest BCUT2D eigenvalue weighted by atomic mass is 15.5. The zero-order chi connectivity index (χ0) is 14.1. The Bertz CT molecular complexity index is 742. The molecule has 106 valence electrons. The molecule has 1 aromatic heterocycles. The molecule has 1 aliphatic rings. The second-order valence-electron chi connectivity index (χ2n) is 5.55. The van der Waals surface area contributed by atoms with Gasteiger partial charge in [-0.2, -0.15) is 4.80 Å². The summed E-state index contributed by atoms with van der Waals surface area (Å²) in [6, 6.07) is 16.4. The van der Waals surface area contributed by atoms with E-state index in [1.54, 1.807) is 4.80 Å². The van der Waals surface area contributed by atoms with Crippen LogP contribution in [-0.4, -0.2) is 28.1 Å². The molecule has 0 spiro atoms. The molecule has 3 aromatic rings. The maximum Gasteiger partial charge on any atom is 0.115 e. The molecule has 2 heterocycles. The zero-order valence-electron chi connectivity index (χ0n) is 11.9. The van der Waals surface area contributed by atoms with Crippen LogP contribution in [0.1, 0.15) is 19.3 Å². The van der Waals surface area contributed by atoms with Crippen LogP contribution >= 0.6 is 0 Å². The van der Waals surface area contributed by atoms with E-state index in [-0.39, 0.29) is 0 Å². The number of anilines is 1. The van der Waals surface area contributed by atoms with Crippen molar-refractivity contribution in [1.29, 1.82) is 0 Å². The van der Waals surface area contributed by atoms with E-state index in [1.807, 2.05) is 30.3 Å². The number of para-hydroxylation sites is 1. The van der Waals surface area contributed by atoms with Gasteiger partial charge in [0.25, 0.3) is 0 Å². The van der Waals surface area contributed by atoms with E-state index in [2.05, 4.69) is 33.3 Å². The summed E-state index contributed by atoms with van der Waals surface area (Å²) in [6.45, 7) is 2.30. The van der Waals surface area contributed by atoms with E-state index in [0.29, 0.717) is 0 Å². The minimum absolute atomic E-state index is 0.944. The monoisotopic (exact) mass is 278 g/mol. The van der Waals surface area contributed by atoms with Crippen LogP contribution in [0.25, 0.3) is 16.7 Å². The molecule has 1 saturated heterocycles. The molecule has 2 aromatic carbocycles. The van der Waals surface area contributed by atoms with Crippen molar-refractivity contribution in [3.8, 4) is 5.69 Å². The highest BCUT2D eigenvalue weighted by molar-refractivity contribution is 5.78. The van der Waals surface area contributed by atoms with Crippen molar-refractivity contribution < 1.29 is 0 Å². The number of aromatic nitrogens is 3. The Morgan fingerprint density at radius 2 is 1.48 bits per heavy atom. The number of benzene rings is 2. The molecule has 21 heavy (non-hydrogen) atoms. The lowest BCUT2D eigenvalue weighted by Crippen LogP contribution is -2.29. The van der Waals surface area contributed by atoms with Gasteiger partial charge in [0.05, 0.1) is 5.69 Å². The first-order valence-corrected chi connectivity index (χ1v) is 7.58. The van der Waals surface area contributed by atoms with Gasteiger partial charge in [-0.15, -0.1) is 10.2 Å². The van der Waals surface area contributed by atoms with Gasteiger partial charge in [-0.3, -0.25) is 0 Å². The largest absolute Gasteiger partial charge is 0.371 e. The van der Waals surface area contributed by atoms with Crippen molar-refractivity contribution in [3.05, 3.63) is 48.5 Å². The second kappa shape index (κ2) is 5.20. The highest BCUT2D eigenvalue weighted by Crippen LogP contribution is 2.23. The van der Waals surface area contributed by atoms with Crippen molar-refractivity contribution >= 4 is 16.7 Å². The van der Waals surface area contributed by atoms with Gasteiger partial charge in [-0.1, -0.05) is 18.2 Å². The van der Waals surface area contributed by atoms with Gasteiger partial charge in [0.15, 0.2) is 0 Å². The summed E-state index contributed by atoms with van der Waals surface area (Å²) in [4.78, 5) is 4.16. The second-order valence-corrected chi connectivity index (χ2v) is 5.55. The average molecular weight is 278 g/mol. The summed E-state index contributed by atoms with van der Waals surface area (Å²) in [5, 5.41) is 9.17. The molecule has 0 atom stereocenters. The normalized spacial score (nSPS) is 15.5. The standard InChI is InChI=1S/C17H18N4/c1-3-7-14(8-4-1)21-18-16-10-9-15(13-17(16)19-21)20-11-5-2-6-12-20/h1,3-4,7-10,13H,2,5-6,11-12H2. The summed E-state index contributed by atoms with van der Waals surface area (Å²) >= 11 is 0. The van der Waals surface area contributed by atoms with E-state index >= 15 is 0 Å². The number of rotatable bonds is 2. The number of hydrogen-bond donors (Lipinski definition) is 0. The van der Waals surface area contributed by atoms with Gasteiger partial charge < -0.3 is 4.90 Å². The van der Waals surface area contributed by atoms with Gasteiger partial charge in [0.1, 0.15) is 11.0 Å². The van der Waals surface area contributed by atoms with Gasteiger partial charge in [-0.05, 0) is 49.6 Å². The van der Waals surface area contributed by atoms with Crippen molar-refractivity contribution in [2.45, 2.75) is 19.3 Å². The molecule has 4 rings (SSSR count). The van der Waals surface area contributed by atoms with Crippen LogP contribution in [0.5, 0.6) is 0 Å². The third-order valence-electron chi connectivity index (χ3n) is 4.07. The lowest BCUT2D eigenvalue weighted by molar-refractivity contribution is 0.578. The zero-order valence-corrected chi connectivity index (χ0v) is 11.9. The Labute approximate surface area is 124 Å². The van der Waals surface area contributed by atoms with Gasteiger partial charge in [0.2, 0.25) is 0 Å². The van der Waals surface area contributed by atoms with Gasteiger partial charge >= 0.3 is 0 Å². The molecule has 0 aliphatic carbocycles. The number of nitrogens with zero attached hydrogens (tertiary/aromatic N) is 4. The lowest BCUT2D eigenvalue weighted by Gasteiger charge is -2.28. The Balaban J connectivity index is 1.71. The Kier molecular flexibility index (Phi) is 3.07. The maximum atomic E-state index is 4.62. The SMILES string of the molecule is c1ccc(-n2nc3ccc(N4CCCCC4)cc3n2)cc1. The van der Waals surface area contributed by atoms with E-state index in [0.717, 1.165) is 29.8 Å². The fraction of sp³-hybridized carbons (Fsp3) is 0.294. The van der Waals surface area contributed by atoms with Crippen molar-refractivity contribution in [1.82, 2.24) is 15.0 Å². The molecular formula is C17H18N4. The predicted molar refractivity (Wildman–Crippen MR) is 84.9 cm³/mol. The molecule has 4 nitrogen and oxygen atoms in total. The minimum Gasteiger partial charge on any atom is -0.371 e. The molecule has 4 heteroatoms. The summed E-state index contributed by atoms with van der Waals surface area (Å²) in [7, 11) is 0. The highest BCUT2D eigenvalue weighted by Gasteiger charge is 2.12. The fourth-order valence-corrected chi connectivity index (χ4v) is 2.93. The molecule has 1 aliphatic heterocycles. The summed E-state index contributed by atoms with van der Waals surface area (Å²) in [6.07, 6.45) is 3.92. The van der Waals surface area contributed by atoms with Crippen LogP contribution in [0.2, 0.25) is 0 Å². The number of hydrogen-bond acceptors (Lipinski definition) is 3. The van der Waals surface area contributed by atoms with Gasteiger partial charge in [-0.25, -0.2) is 0 Å². The van der Waals surface area contributed by atoms with Crippen LogP contribution in [0.15, 0.2) is 48.5 Å². The van der Waals surface area contributed by atoms with E-state index in [4.69, 9.17) is 0 Å². The third-order valence-corrected chi connectivity index (χ3v) is 4.07. The molecule has 0 N–H and O–H groups in total. The first-order valence-electron chi connectivity index (χ1n) is 7.58. The maximum absolute atomic E-state index is 4.62. The minimum atomic E-state index is 0.944. The molecule has 0 saturated carbocycles. The smallest absolute Gasteiger partial charge is 0.115 e. The number of piperidine rings is 1. The van der Waals surface area contributed by atoms with E-state index < -0.39 is 0 Å². The summed E-state index contributed by atoms with van der Waals surface area (Å²) in [5.74, 6) is 0. The quantitative estimate of drug-likeness (QED) is 0.720. The molecule has 0 unspecified atom stereocenters. The van der Waals surface area contributed by atoms with E-state index in [9.17, 15) is 0 Å². The average Bonchev–Trinajstić information content (AvgIpc) is 2.99. The first-order chi connectivity index (χ1) is 10.4. The lowest BCUT2D eigenvalue weighted by atomic mass is 10.1. The van der Waals surface area contributed by atoms with Crippen molar-refractivity contribution in [3.63, 3.8) is 0 Å². The van der Waals surface area contributed by atoms with Crippen LogP contribution in [-0.2, 0) is 0 Å². The fourth-order valence-electron chi connectivity index (χ4n) is 2.93. The molecule has 0 amide bonds. The van der Waals surface area contributed by atoms with Crippen LogP contribution in [0.4, 0.5) is 5.69 Å². The van der Waals surface area contributed by atoms with Gasteiger partial charge in [0, 0.05) is 18.8 Å². The van der Waals surface area contributed by atoms with Crippen LogP contribution < -0.4 is 4.90 Å². The molecule has 0 bridgehead atoms. The molecule has 1 fully saturated rings. The molecular weight excluding hydrogens is 260 g/mol. The predicted octanol–water partition coefficient (Wildman–Crippen LogP) is 3.41. The topological polar surface area (TPSA) is 34.0 Å². The third kappa shape index (κ3) is 2.37. The van der Waals surface area contributed by atoms with Crippen LogP contribution in [0.3, 0.4) is 0 Å². The van der Waals surface area contributed by atoms with Crippen molar-refractivity contribution in [2.24, 2.45) is 0 Å².